The molecule has 20 heavy (non-hydrogen) atoms. The third-order valence-corrected chi connectivity index (χ3v) is 6.09. The Labute approximate surface area is 120 Å². The summed E-state index contributed by atoms with van der Waals surface area (Å²) in [5.41, 5.74) is 7.08. The van der Waals surface area contributed by atoms with Crippen molar-refractivity contribution in [3.63, 3.8) is 0 Å². The summed E-state index contributed by atoms with van der Waals surface area (Å²) in [6.07, 6.45) is 2.31. The van der Waals surface area contributed by atoms with Crippen molar-refractivity contribution in [2.24, 2.45) is 0 Å². The number of fused-ring (bicyclic) bond motifs is 1. The molecule has 1 atom stereocenters. The van der Waals surface area contributed by atoms with E-state index >= 15 is 0 Å². The number of hydrogen-bond donors (Lipinski definition) is 1. The van der Waals surface area contributed by atoms with E-state index in [1.54, 1.807) is 28.6 Å². The first-order chi connectivity index (χ1) is 9.54. The van der Waals surface area contributed by atoms with E-state index < -0.39 is 10.0 Å². The SMILES string of the molecule is Nc1ccc(CS(=O)(=O)N2CCN3CCCC3C2)cc1. The topological polar surface area (TPSA) is 66.6 Å². The molecule has 2 aliphatic rings. The lowest BCUT2D eigenvalue weighted by molar-refractivity contribution is 0.158. The second-order valence-electron chi connectivity index (χ2n) is 5.69. The molecule has 1 unspecified atom stereocenters. The summed E-state index contributed by atoms with van der Waals surface area (Å²) in [5.74, 6) is 0.0694. The van der Waals surface area contributed by atoms with Gasteiger partial charge in [0.05, 0.1) is 5.75 Å². The van der Waals surface area contributed by atoms with Crippen molar-refractivity contribution in [2.45, 2.75) is 24.6 Å². The Kier molecular flexibility index (Phi) is 3.70. The van der Waals surface area contributed by atoms with Crippen LogP contribution in [0.15, 0.2) is 24.3 Å². The highest BCUT2D eigenvalue weighted by Gasteiger charge is 2.35. The number of nitrogen functional groups attached to an aromatic ring is 1. The normalized spacial score (nSPS) is 24.7. The molecular weight excluding hydrogens is 274 g/mol. The van der Waals surface area contributed by atoms with Gasteiger partial charge in [0.25, 0.3) is 0 Å². The minimum absolute atomic E-state index is 0.0694. The van der Waals surface area contributed by atoms with Crippen molar-refractivity contribution >= 4 is 15.7 Å². The van der Waals surface area contributed by atoms with E-state index in [2.05, 4.69) is 4.90 Å². The molecule has 1 aromatic rings. The van der Waals surface area contributed by atoms with E-state index in [1.165, 1.54) is 6.42 Å². The molecule has 0 aliphatic carbocycles. The Morgan fingerprint density at radius 1 is 1.15 bits per heavy atom. The van der Waals surface area contributed by atoms with Crippen LogP contribution in [0.5, 0.6) is 0 Å². The number of nitrogens with zero attached hydrogens (tertiary/aromatic N) is 2. The molecule has 2 aliphatic heterocycles. The third kappa shape index (κ3) is 2.82. The highest BCUT2D eigenvalue weighted by Crippen LogP contribution is 2.24. The third-order valence-electron chi connectivity index (χ3n) is 4.27. The van der Waals surface area contributed by atoms with Crippen molar-refractivity contribution < 1.29 is 8.42 Å². The number of sulfonamides is 1. The predicted molar refractivity (Wildman–Crippen MR) is 79.6 cm³/mol. The van der Waals surface area contributed by atoms with Crippen LogP contribution in [0, 0.1) is 0 Å². The van der Waals surface area contributed by atoms with E-state index in [0.29, 0.717) is 24.8 Å². The Balaban J connectivity index is 1.70. The van der Waals surface area contributed by atoms with Crippen LogP contribution in [0.1, 0.15) is 18.4 Å². The molecule has 0 spiro atoms. The molecule has 6 heteroatoms. The molecule has 0 radical (unpaired) electrons. The van der Waals surface area contributed by atoms with Crippen molar-refractivity contribution in [2.75, 3.05) is 31.9 Å². The Morgan fingerprint density at radius 3 is 2.65 bits per heavy atom. The zero-order valence-electron chi connectivity index (χ0n) is 11.5. The van der Waals surface area contributed by atoms with Gasteiger partial charge in [-0.2, -0.15) is 4.31 Å². The average molecular weight is 295 g/mol. The van der Waals surface area contributed by atoms with E-state index in [0.717, 1.165) is 25.1 Å². The summed E-state index contributed by atoms with van der Waals surface area (Å²) >= 11 is 0. The fourth-order valence-corrected chi connectivity index (χ4v) is 4.69. The maximum atomic E-state index is 12.5. The summed E-state index contributed by atoms with van der Waals surface area (Å²) < 4.78 is 26.7. The molecular formula is C14H21N3O2S. The molecule has 3 rings (SSSR count). The smallest absolute Gasteiger partial charge is 0.218 e. The van der Waals surface area contributed by atoms with Gasteiger partial charge in [0, 0.05) is 31.4 Å². The highest BCUT2D eigenvalue weighted by molar-refractivity contribution is 7.88. The van der Waals surface area contributed by atoms with E-state index in [-0.39, 0.29) is 5.75 Å². The van der Waals surface area contributed by atoms with Crippen LogP contribution in [0.3, 0.4) is 0 Å². The maximum absolute atomic E-state index is 12.5. The monoisotopic (exact) mass is 295 g/mol. The Morgan fingerprint density at radius 2 is 1.90 bits per heavy atom. The lowest BCUT2D eigenvalue weighted by Crippen LogP contribution is -2.52. The van der Waals surface area contributed by atoms with Crippen LogP contribution in [-0.4, -0.2) is 49.8 Å². The number of nitrogens with two attached hydrogens (primary N) is 1. The fourth-order valence-electron chi connectivity index (χ4n) is 3.13. The molecule has 0 amide bonds. The average Bonchev–Trinajstić information content (AvgIpc) is 2.88. The zero-order chi connectivity index (χ0) is 14.2. The molecule has 0 aromatic heterocycles. The van der Waals surface area contributed by atoms with Gasteiger partial charge in [0.2, 0.25) is 10.0 Å². The standard InChI is InChI=1S/C14H21N3O2S/c15-13-5-3-12(4-6-13)11-20(18,19)17-9-8-16-7-1-2-14(16)10-17/h3-6,14H,1-2,7-11,15H2. The van der Waals surface area contributed by atoms with Crippen LogP contribution in [-0.2, 0) is 15.8 Å². The number of benzene rings is 1. The molecule has 2 N–H and O–H groups in total. The van der Waals surface area contributed by atoms with Gasteiger partial charge in [-0.25, -0.2) is 8.42 Å². The first kappa shape index (κ1) is 13.9. The highest BCUT2D eigenvalue weighted by atomic mass is 32.2. The number of hydrogen-bond acceptors (Lipinski definition) is 4. The van der Waals surface area contributed by atoms with Crippen molar-refractivity contribution in [1.82, 2.24) is 9.21 Å². The van der Waals surface area contributed by atoms with Gasteiger partial charge in [-0.15, -0.1) is 0 Å². The van der Waals surface area contributed by atoms with Crippen molar-refractivity contribution in [3.05, 3.63) is 29.8 Å². The largest absolute Gasteiger partial charge is 0.399 e. The lowest BCUT2D eigenvalue weighted by atomic mass is 10.2. The molecule has 2 heterocycles. The Hall–Kier alpha value is -1.11. The Bertz CT molecular complexity index is 571. The quantitative estimate of drug-likeness (QED) is 0.841. The minimum Gasteiger partial charge on any atom is -0.399 e. The first-order valence-electron chi connectivity index (χ1n) is 7.11. The van der Waals surface area contributed by atoms with Gasteiger partial charge in [-0.05, 0) is 37.1 Å². The second-order valence-corrected chi connectivity index (χ2v) is 7.66. The van der Waals surface area contributed by atoms with Crippen LogP contribution < -0.4 is 5.73 Å². The van der Waals surface area contributed by atoms with Gasteiger partial charge in [0.15, 0.2) is 0 Å². The summed E-state index contributed by atoms with van der Waals surface area (Å²) in [5, 5.41) is 0. The van der Waals surface area contributed by atoms with Gasteiger partial charge < -0.3 is 5.73 Å². The van der Waals surface area contributed by atoms with Crippen molar-refractivity contribution in [3.8, 4) is 0 Å². The van der Waals surface area contributed by atoms with E-state index in [1.807, 2.05) is 0 Å². The fraction of sp³-hybridized carbons (Fsp3) is 0.571. The van der Waals surface area contributed by atoms with E-state index in [9.17, 15) is 8.42 Å². The van der Waals surface area contributed by atoms with E-state index in [4.69, 9.17) is 5.73 Å². The summed E-state index contributed by atoms with van der Waals surface area (Å²) in [6, 6.07) is 7.50. The number of anilines is 1. The maximum Gasteiger partial charge on any atom is 0.218 e. The van der Waals surface area contributed by atoms with Gasteiger partial charge >= 0.3 is 0 Å². The minimum atomic E-state index is -3.22. The van der Waals surface area contributed by atoms with Gasteiger partial charge in [0.1, 0.15) is 0 Å². The van der Waals surface area contributed by atoms with Gasteiger partial charge in [-0.1, -0.05) is 12.1 Å². The van der Waals surface area contributed by atoms with Gasteiger partial charge in [-0.3, -0.25) is 4.90 Å². The van der Waals surface area contributed by atoms with Crippen LogP contribution >= 0.6 is 0 Å². The molecule has 110 valence electrons. The molecule has 2 fully saturated rings. The van der Waals surface area contributed by atoms with Crippen LogP contribution in [0.4, 0.5) is 5.69 Å². The van der Waals surface area contributed by atoms with Crippen molar-refractivity contribution in [1.29, 1.82) is 0 Å². The summed E-state index contributed by atoms with van der Waals surface area (Å²) in [6.45, 7) is 3.26. The predicted octanol–water partition coefficient (Wildman–Crippen LogP) is 0.879. The molecule has 0 bridgehead atoms. The van der Waals surface area contributed by atoms with Crippen LogP contribution in [0.2, 0.25) is 0 Å². The number of rotatable bonds is 3. The first-order valence-corrected chi connectivity index (χ1v) is 8.72. The zero-order valence-corrected chi connectivity index (χ0v) is 12.3. The lowest BCUT2D eigenvalue weighted by Gasteiger charge is -2.36. The second kappa shape index (κ2) is 5.35. The number of piperazine rings is 1. The molecule has 1 aromatic carbocycles. The molecule has 2 saturated heterocycles. The summed E-state index contributed by atoms with van der Waals surface area (Å²) in [7, 11) is -3.22. The summed E-state index contributed by atoms with van der Waals surface area (Å²) in [4.78, 5) is 2.41. The molecule has 0 saturated carbocycles. The van der Waals surface area contributed by atoms with Crippen LogP contribution in [0.25, 0.3) is 0 Å². The molecule has 5 nitrogen and oxygen atoms in total.